The SMILES string of the molecule is CCOC(=O)c1cc(OCC)c2c3c(c(=O)[nH]c2c1)CCCN3. The van der Waals surface area contributed by atoms with Crippen LogP contribution in [-0.4, -0.2) is 30.7 Å². The van der Waals surface area contributed by atoms with Crippen LogP contribution in [-0.2, 0) is 11.2 Å². The molecule has 0 aliphatic carbocycles. The molecule has 1 aromatic carbocycles. The van der Waals surface area contributed by atoms with E-state index in [0.717, 1.165) is 36.0 Å². The highest BCUT2D eigenvalue weighted by Crippen LogP contribution is 2.35. The Morgan fingerprint density at radius 1 is 1.26 bits per heavy atom. The summed E-state index contributed by atoms with van der Waals surface area (Å²) in [5.74, 6) is 0.150. The topological polar surface area (TPSA) is 80.4 Å². The van der Waals surface area contributed by atoms with Crippen molar-refractivity contribution in [3.05, 3.63) is 33.6 Å². The lowest BCUT2D eigenvalue weighted by molar-refractivity contribution is 0.0526. The maximum atomic E-state index is 12.3. The van der Waals surface area contributed by atoms with Crippen molar-refractivity contribution in [3.8, 4) is 5.75 Å². The number of rotatable bonds is 4. The molecule has 2 N–H and O–H groups in total. The van der Waals surface area contributed by atoms with Gasteiger partial charge in [0.25, 0.3) is 5.56 Å². The highest BCUT2D eigenvalue weighted by Gasteiger charge is 2.21. The van der Waals surface area contributed by atoms with Gasteiger partial charge in [0.05, 0.1) is 35.4 Å². The van der Waals surface area contributed by atoms with E-state index >= 15 is 0 Å². The number of carbonyl (C=O) groups excluding carboxylic acids is 1. The lowest BCUT2D eigenvalue weighted by atomic mass is 10.00. The Labute approximate surface area is 133 Å². The maximum Gasteiger partial charge on any atom is 0.338 e. The van der Waals surface area contributed by atoms with Crippen molar-refractivity contribution in [1.82, 2.24) is 4.98 Å². The molecule has 0 atom stereocenters. The van der Waals surface area contributed by atoms with Crippen molar-refractivity contribution >= 4 is 22.6 Å². The van der Waals surface area contributed by atoms with Crippen LogP contribution in [0.15, 0.2) is 16.9 Å². The predicted octanol–water partition coefficient (Wildman–Crippen LogP) is 2.46. The standard InChI is InChI=1S/C17H20N2O4/c1-3-22-13-9-10(17(21)23-4-2)8-12-14(13)15-11(16(20)19-12)6-5-7-18-15/h8-9,18H,3-7H2,1-2H3,(H,19,20). The molecule has 122 valence electrons. The molecule has 0 fully saturated rings. The lowest BCUT2D eigenvalue weighted by Gasteiger charge is -2.21. The molecule has 1 aliphatic rings. The van der Waals surface area contributed by atoms with Crippen molar-refractivity contribution in [2.45, 2.75) is 26.7 Å². The van der Waals surface area contributed by atoms with E-state index in [1.54, 1.807) is 19.1 Å². The molecule has 6 heteroatoms. The van der Waals surface area contributed by atoms with E-state index in [1.165, 1.54) is 0 Å². The second-order valence-corrected chi connectivity index (χ2v) is 5.39. The van der Waals surface area contributed by atoms with Gasteiger partial charge < -0.3 is 19.8 Å². The summed E-state index contributed by atoms with van der Waals surface area (Å²) in [5, 5.41) is 4.12. The molecule has 2 aromatic rings. The van der Waals surface area contributed by atoms with Crippen LogP contribution in [0, 0.1) is 0 Å². The molecular weight excluding hydrogens is 296 g/mol. The quantitative estimate of drug-likeness (QED) is 0.847. The molecule has 3 rings (SSSR count). The van der Waals surface area contributed by atoms with Crippen molar-refractivity contribution in [2.75, 3.05) is 25.1 Å². The van der Waals surface area contributed by atoms with Crippen LogP contribution in [0.2, 0.25) is 0 Å². The second-order valence-electron chi connectivity index (χ2n) is 5.39. The fraction of sp³-hybridized carbons (Fsp3) is 0.412. The zero-order valence-electron chi connectivity index (χ0n) is 13.3. The summed E-state index contributed by atoms with van der Waals surface area (Å²) in [6, 6.07) is 3.33. The Morgan fingerprint density at radius 3 is 2.83 bits per heavy atom. The Bertz CT molecular complexity index is 810. The summed E-state index contributed by atoms with van der Waals surface area (Å²) >= 11 is 0. The third-order valence-corrected chi connectivity index (χ3v) is 3.89. The molecule has 0 saturated heterocycles. The number of benzene rings is 1. The Kier molecular flexibility index (Phi) is 4.23. The average molecular weight is 316 g/mol. The van der Waals surface area contributed by atoms with Gasteiger partial charge in [-0.15, -0.1) is 0 Å². The van der Waals surface area contributed by atoms with Crippen LogP contribution in [0.4, 0.5) is 5.69 Å². The first-order valence-corrected chi connectivity index (χ1v) is 7.92. The third-order valence-electron chi connectivity index (χ3n) is 3.89. The molecule has 6 nitrogen and oxygen atoms in total. The molecule has 1 aliphatic heterocycles. The monoisotopic (exact) mass is 316 g/mol. The van der Waals surface area contributed by atoms with Gasteiger partial charge in [0.15, 0.2) is 0 Å². The van der Waals surface area contributed by atoms with E-state index in [-0.39, 0.29) is 5.56 Å². The first-order valence-electron chi connectivity index (χ1n) is 7.92. The lowest BCUT2D eigenvalue weighted by Crippen LogP contribution is -2.22. The van der Waals surface area contributed by atoms with E-state index in [1.807, 2.05) is 6.92 Å². The highest BCUT2D eigenvalue weighted by atomic mass is 16.5. The number of H-pyrrole nitrogens is 1. The fourth-order valence-corrected chi connectivity index (χ4v) is 2.95. The summed E-state index contributed by atoms with van der Waals surface area (Å²) in [5.41, 5.74) is 2.39. The van der Waals surface area contributed by atoms with Gasteiger partial charge in [-0.2, -0.15) is 0 Å². The van der Waals surface area contributed by atoms with E-state index in [9.17, 15) is 9.59 Å². The second kappa shape index (κ2) is 6.32. The summed E-state index contributed by atoms with van der Waals surface area (Å²) in [4.78, 5) is 27.2. The largest absolute Gasteiger partial charge is 0.493 e. The average Bonchev–Trinajstić information content (AvgIpc) is 2.55. The molecule has 1 aromatic heterocycles. The molecule has 0 amide bonds. The van der Waals surface area contributed by atoms with Crippen LogP contribution in [0.3, 0.4) is 0 Å². The molecule has 0 unspecified atom stereocenters. The number of ether oxygens (including phenoxy) is 2. The number of fused-ring (bicyclic) bond motifs is 3. The number of nitrogens with one attached hydrogen (secondary N) is 2. The normalized spacial score (nSPS) is 13.3. The minimum absolute atomic E-state index is 0.122. The summed E-state index contributed by atoms with van der Waals surface area (Å²) < 4.78 is 10.8. The zero-order valence-corrected chi connectivity index (χ0v) is 13.3. The first-order chi connectivity index (χ1) is 11.2. The van der Waals surface area contributed by atoms with Crippen molar-refractivity contribution in [2.24, 2.45) is 0 Å². The minimum Gasteiger partial charge on any atom is -0.493 e. The number of anilines is 1. The van der Waals surface area contributed by atoms with Crippen molar-refractivity contribution in [3.63, 3.8) is 0 Å². The Hall–Kier alpha value is -2.50. The Morgan fingerprint density at radius 2 is 2.09 bits per heavy atom. The van der Waals surface area contributed by atoms with Gasteiger partial charge in [-0.05, 0) is 38.8 Å². The van der Waals surface area contributed by atoms with Gasteiger partial charge in [-0.25, -0.2) is 4.79 Å². The number of carbonyl (C=O) groups is 1. The van der Waals surface area contributed by atoms with Crippen molar-refractivity contribution in [1.29, 1.82) is 0 Å². The van der Waals surface area contributed by atoms with Crippen molar-refractivity contribution < 1.29 is 14.3 Å². The van der Waals surface area contributed by atoms with E-state index in [2.05, 4.69) is 10.3 Å². The summed E-state index contributed by atoms with van der Waals surface area (Å²) in [6.07, 6.45) is 1.66. The number of esters is 1. The summed E-state index contributed by atoms with van der Waals surface area (Å²) in [6.45, 7) is 5.22. The summed E-state index contributed by atoms with van der Waals surface area (Å²) in [7, 11) is 0. The number of aromatic nitrogens is 1. The molecule has 0 saturated carbocycles. The van der Waals surface area contributed by atoms with Crippen LogP contribution in [0.5, 0.6) is 5.75 Å². The van der Waals surface area contributed by atoms with E-state index in [4.69, 9.17) is 9.47 Å². The van der Waals surface area contributed by atoms with Gasteiger partial charge >= 0.3 is 5.97 Å². The first kappa shape index (κ1) is 15.4. The third kappa shape index (κ3) is 2.76. The molecule has 23 heavy (non-hydrogen) atoms. The van der Waals surface area contributed by atoms with Crippen LogP contribution < -0.4 is 15.6 Å². The Balaban J connectivity index is 2.27. The van der Waals surface area contributed by atoms with Crippen LogP contribution in [0.25, 0.3) is 10.9 Å². The van der Waals surface area contributed by atoms with Crippen LogP contribution in [0.1, 0.15) is 36.2 Å². The van der Waals surface area contributed by atoms with Gasteiger partial charge in [0, 0.05) is 12.1 Å². The van der Waals surface area contributed by atoms with Gasteiger partial charge in [-0.1, -0.05) is 0 Å². The number of aromatic amines is 1. The number of hydrogen-bond acceptors (Lipinski definition) is 5. The fourth-order valence-electron chi connectivity index (χ4n) is 2.95. The van der Waals surface area contributed by atoms with Crippen LogP contribution >= 0.6 is 0 Å². The van der Waals surface area contributed by atoms with E-state index < -0.39 is 5.97 Å². The number of hydrogen-bond donors (Lipinski definition) is 2. The van der Waals surface area contributed by atoms with E-state index in [0.29, 0.717) is 30.0 Å². The molecule has 0 radical (unpaired) electrons. The molecular formula is C17H20N2O4. The molecule has 2 heterocycles. The predicted molar refractivity (Wildman–Crippen MR) is 88.5 cm³/mol. The van der Waals surface area contributed by atoms with Gasteiger partial charge in [0.2, 0.25) is 0 Å². The zero-order chi connectivity index (χ0) is 16.4. The maximum absolute atomic E-state index is 12.3. The van der Waals surface area contributed by atoms with Gasteiger partial charge in [0.1, 0.15) is 5.75 Å². The molecule has 0 spiro atoms. The number of pyridine rings is 1. The smallest absolute Gasteiger partial charge is 0.338 e. The molecule has 0 bridgehead atoms. The highest BCUT2D eigenvalue weighted by molar-refractivity contribution is 6.03. The van der Waals surface area contributed by atoms with Gasteiger partial charge in [-0.3, -0.25) is 4.79 Å². The minimum atomic E-state index is -0.429.